The first-order chi connectivity index (χ1) is 9.24. The summed E-state index contributed by atoms with van der Waals surface area (Å²) in [6.45, 7) is 0.972. The molecule has 5 nitrogen and oxygen atoms in total. The molecule has 0 saturated heterocycles. The number of anilines is 1. The van der Waals surface area contributed by atoms with Crippen molar-refractivity contribution in [2.45, 2.75) is 12.8 Å². The molecular formula is C12H13ClN4OS. The molecule has 7 heteroatoms. The Morgan fingerprint density at radius 3 is 3.05 bits per heavy atom. The molecule has 19 heavy (non-hydrogen) atoms. The normalized spacial score (nSPS) is 14.6. The van der Waals surface area contributed by atoms with Crippen molar-refractivity contribution in [3.05, 3.63) is 17.2 Å². The van der Waals surface area contributed by atoms with Gasteiger partial charge in [-0.15, -0.1) is 0 Å². The summed E-state index contributed by atoms with van der Waals surface area (Å²) in [5.41, 5.74) is 2.18. The zero-order valence-electron chi connectivity index (χ0n) is 10.1. The molecule has 1 heterocycles. The van der Waals surface area contributed by atoms with Crippen molar-refractivity contribution in [3.8, 4) is 0 Å². The van der Waals surface area contributed by atoms with Crippen molar-refractivity contribution in [1.82, 2.24) is 14.1 Å². The van der Waals surface area contributed by atoms with Gasteiger partial charge in [-0.25, -0.2) is 0 Å². The van der Waals surface area contributed by atoms with Crippen LogP contribution in [0.4, 0.5) is 5.69 Å². The minimum absolute atomic E-state index is 0.0249. The van der Waals surface area contributed by atoms with E-state index in [-0.39, 0.29) is 12.5 Å². The number of nitrogens with zero attached hydrogens (tertiary/aromatic N) is 2. The van der Waals surface area contributed by atoms with Crippen LogP contribution in [0.3, 0.4) is 0 Å². The predicted octanol–water partition coefficient (Wildman–Crippen LogP) is 2.28. The van der Waals surface area contributed by atoms with Gasteiger partial charge in [-0.2, -0.15) is 8.75 Å². The van der Waals surface area contributed by atoms with E-state index in [0.29, 0.717) is 22.1 Å². The summed E-state index contributed by atoms with van der Waals surface area (Å²) in [5, 5.41) is 6.50. The molecule has 3 rings (SSSR count). The van der Waals surface area contributed by atoms with Crippen molar-refractivity contribution < 1.29 is 4.79 Å². The molecule has 1 fully saturated rings. The summed E-state index contributed by atoms with van der Waals surface area (Å²) < 4.78 is 8.34. The monoisotopic (exact) mass is 296 g/mol. The third-order valence-electron chi connectivity index (χ3n) is 3.09. The van der Waals surface area contributed by atoms with E-state index >= 15 is 0 Å². The maximum atomic E-state index is 11.7. The third-order valence-corrected chi connectivity index (χ3v) is 3.95. The van der Waals surface area contributed by atoms with E-state index in [2.05, 4.69) is 19.4 Å². The Bertz CT molecular complexity index is 611. The highest BCUT2D eigenvalue weighted by atomic mass is 35.5. The number of fused-ring (bicyclic) bond motifs is 1. The number of amides is 1. The zero-order chi connectivity index (χ0) is 13.2. The van der Waals surface area contributed by atoms with Crippen molar-refractivity contribution >= 4 is 46.0 Å². The second-order valence-corrected chi connectivity index (χ2v) is 5.59. The highest BCUT2D eigenvalue weighted by molar-refractivity contribution is 7.00. The second kappa shape index (κ2) is 5.30. The standard InChI is InChI=1S/C12H13ClN4OS/c13-8-3-4-9-12(17-19-16-9)11(8)15-6-10(18)14-5-7-1-2-7/h3-4,7,15H,1-2,5-6H2,(H,14,18). The molecule has 1 amide bonds. The molecule has 0 bridgehead atoms. The highest BCUT2D eigenvalue weighted by Gasteiger charge is 2.21. The lowest BCUT2D eigenvalue weighted by molar-refractivity contribution is -0.119. The summed E-state index contributed by atoms with van der Waals surface area (Å²) >= 11 is 7.26. The summed E-state index contributed by atoms with van der Waals surface area (Å²) in [6, 6.07) is 3.58. The van der Waals surface area contributed by atoms with Crippen LogP contribution in [0.5, 0.6) is 0 Å². The number of halogens is 1. The Labute approximate surface area is 119 Å². The molecule has 2 aromatic rings. The van der Waals surface area contributed by atoms with Crippen molar-refractivity contribution in [2.24, 2.45) is 5.92 Å². The number of benzene rings is 1. The maximum absolute atomic E-state index is 11.7. The number of carbonyl (C=O) groups excluding carboxylic acids is 1. The van der Waals surface area contributed by atoms with Crippen LogP contribution < -0.4 is 10.6 Å². The van der Waals surface area contributed by atoms with Gasteiger partial charge in [-0.3, -0.25) is 4.79 Å². The molecule has 1 aliphatic rings. The SMILES string of the molecule is O=C(CNc1c(Cl)ccc2nsnc12)NCC1CC1. The fraction of sp³-hybridized carbons (Fsp3) is 0.417. The van der Waals surface area contributed by atoms with Gasteiger partial charge < -0.3 is 10.6 Å². The topological polar surface area (TPSA) is 66.9 Å². The number of hydrogen-bond acceptors (Lipinski definition) is 5. The molecular weight excluding hydrogens is 284 g/mol. The average Bonchev–Trinajstić information content (AvgIpc) is 3.11. The summed E-state index contributed by atoms with van der Waals surface area (Å²) in [7, 11) is 0. The summed E-state index contributed by atoms with van der Waals surface area (Å²) in [5.74, 6) is 0.655. The van der Waals surface area contributed by atoms with Crippen molar-refractivity contribution in [3.63, 3.8) is 0 Å². The van der Waals surface area contributed by atoms with Crippen LogP contribution in [-0.4, -0.2) is 27.7 Å². The third kappa shape index (κ3) is 2.96. The van der Waals surface area contributed by atoms with E-state index < -0.39 is 0 Å². The smallest absolute Gasteiger partial charge is 0.239 e. The Morgan fingerprint density at radius 2 is 2.26 bits per heavy atom. The molecule has 0 spiro atoms. The number of nitrogens with one attached hydrogen (secondary N) is 2. The number of rotatable bonds is 5. The molecule has 1 aromatic carbocycles. The molecule has 100 valence electrons. The van der Waals surface area contributed by atoms with E-state index in [1.807, 2.05) is 6.07 Å². The molecule has 0 atom stereocenters. The van der Waals surface area contributed by atoms with Crippen LogP contribution in [0, 0.1) is 5.92 Å². The number of hydrogen-bond donors (Lipinski definition) is 2. The van der Waals surface area contributed by atoms with Crippen LogP contribution in [0.25, 0.3) is 11.0 Å². The lowest BCUT2D eigenvalue weighted by Crippen LogP contribution is -2.31. The van der Waals surface area contributed by atoms with Gasteiger partial charge in [0, 0.05) is 6.54 Å². The van der Waals surface area contributed by atoms with E-state index in [0.717, 1.165) is 23.8 Å². The Kier molecular flexibility index (Phi) is 3.52. The minimum atomic E-state index is -0.0249. The quantitative estimate of drug-likeness (QED) is 0.888. The molecule has 0 radical (unpaired) electrons. The molecule has 0 unspecified atom stereocenters. The van der Waals surface area contributed by atoms with Gasteiger partial charge >= 0.3 is 0 Å². The van der Waals surface area contributed by atoms with Gasteiger partial charge in [0.25, 0.3) is 0 Å². The lowest BCUT2D eigenvalue weighted by atomic mass is 10.2. The first-order valence-electron chi connectivity index (χ1n) is 6.15. The second-order valence-electron chi connectivity index (χ2n) is 4.66. The highest BCUT2D eigenvalue weighted by Crippen LogP contribution is 2.30. The minimum Gasteiger partial charge on any atom is -0.373 e. The van der Waals surface area contributed by atoms with Gasteiger partial charge in [-0.1, -0.05) is 11.6 Å². The van der Waals surface area contributed by atoms with Gasteiger partial charge in [-0.05, 0) is 30.9 Å². The summed E-state index contributed by atoms with van der Waals surface area (Å²) in [4.78, 5) is 11.7. The zero-order valence-corrected chi connectivity index (χ0v) is 11.7. The number of aromatic nitrogens is 2. The fourth-order valence-corrected chi connectivity index (χ4v) is 2.57. The van der Waals surface area contributed by atoms with E-state index in [1.165, 1.54) is 12.8 Å². The molecule has 1 aliphatic carbocycles. The van der Waals surface area contributed by atoms with Crippen molar-refractivity contribution in [2.75, 3.05) is 18.4 Å². The average molecular weight is 297 g/mol. The maximum Gasteiger partial charge on any atom is 0.239 e. The fourth-order valence-electron chi connectivity index (χ4n) is 1.81. The largest absolute Gasteiger partial charge is 0.373 e. The van der Waals surface area contributed by atoms with Crippen LogP contribution in [0.2, 0.25) is 5.02 Å². The molecule has 1 aromatic heterocycles. The van der Waals surface area contributed by atoms with E-state index in [9.17, 15) is 4.79 Å². The van der Waals surface area contributed by atoms with Gasteiger partial charge in [0.2, 0.25) is 5.91 Å². The van der Waals surface area contributed by atoms with Gasteiger partial charge in [0.15, 0.2) is 0 Å². The first-order valence-corrected chi connectivity index (χ1v) is 7.26. The first kappa shape index (κ1) is 12.6. The lowest BCUT2D eigenvalue weighted by Gasteiger charge is -2.09. The molecule has 0 aliphatic heterocycles. The Balaban J connectivity index is 1.65. The predicted molar refractivity (Wildman–Crippen MR) is 76.6 cm³/mol. The van der Waals surface area contributed by atoms with E-state index in [1.54, 1.807) is 6.07 Å². The molecule has 1 saturated carbocycles. The van der Waals surface area contributed by atoms with Gasteiger partial charge in [0.1, 0.15) is 11.0 Å². The number of carbonyl (C=O) groups is 1. The summed E-state index contributed by atoms with van der Waals surface area (Å²) in [6.07, 6.45) is 2.45. The van der Waals surface area contributed by atoms with Gasteiger partial charge in [0.05, 0.1) is 29.0 Å². The van der Waals surface area contributed by atoms with Crippen molar-refractivity contribution in [1.29, 1.82) is 0 Å². The van der Waals surface area contributed by atoms with Crippen LogP contribution in [0.15, 0.2) is 12.1 Å². The Morgan fingerprint density at radius 1 is 1.42 bits per heavy atom. The Hall–Kier alpha value is -1.40. The molecule has 2 N–H and O–H groups in total. The van der Waals surface area contributed by atoms with E-state index in [4.69, 9.17) is 11.6 Å². The van der Waals surface area contributed by atoms with Crippen LogP contribution in [-0.2, 0) is 4.79 Å². The van der Waals surface area contributed by atoms with Crippen LogP contribution in [0.1, 0.15) is 12.8 Å². The van der Waals surface area contributed by atoms with Crippen LogP contribution >= 0.6 is 23.3 Å².